The molecule has 0 radical (unpaired) electrons. The molecule has 3 fully saturated rings. The fraction of sp³-hybridized carbons (Fsp3) is 1.00. The maximum absolute atomic E-state index is 2.62. The molecule has 0 saturated carbocycles. The summed E-state index contributed by atoms with van der Waals surface area (Å²) in [5, 5.41) is 0. The van der Waals surface area contributed by atoms with Gasteiger partial charge in [-0.05, 0) is 6.42 Å². The summed E-state index contributed by atoms with van der Waals surface area (Å²) in [5.41, 5.74) is 0. The molecule has 0 spiro atoms. The number of nitrogens with zero attached hydrogens (tertiary/aromatic N) is 4. The standard InChI is InChI=1S/C11H22N4/c1-2-12-4-6-14-8-9-15(11-14)7-5-13(3-1)10-12/h1-11H2. The summed E-state index contributed by atoms with van der Waals surface area (Å²) in [6, 6.07) is 0. The van der Waals surface area contributed by atoms with Crippen molar-refractivity contribution >= 4 is 0 Å². The van der Waals surface area contributed by atoms with Crippen molar-refractivity contribution in [2.75, 3.05) is 65.7 Å². The van der Waals surface area contributed by atoms with E-state index in [2.05, 4.69) is 19.6 Å². The third-order valence-electron chi connectivity index (χ3n) is 3.95. The molecule has 4 bridgehead atoms. The molecule has 4 nitrogen and oxygen atoms in total. The Hall–Kier alpha value is -0.160. The first-order valence-electron chi connectivity index (χ1n) is 6.29. The van der Waals surface area contributed by atoms with E-state index in [0.29, 0.717) is 0 Å². The van der Waals surface area contributed by atoms with Gasteiger partial charge in [-0.2, -0.15) is 0 Å². The lowest BCUT2D eigenvalue weighted by atomic mass is 10.3. The molecular weight excluding hydrogens is 188 g/mol. The van der Waals surface area contributed by atoms with Crippen LogP contribution in [0.3, 0.4) is 0 Å². The van der Waals surface area contributed by atoms with Crippen LogP contribution in [0.4, 0.5) is 0 Å². The van der Waals surface area contributed by atoms with Gasteiger partial charge in [0.2, 0.25) is 0 Å². The molecule has 0 aromatic carbocycles. The molecule has 4 unspecified atom stereocenters. The summed E-state index contributed by atoms with van der Waals surface area (Å²) in [6.45, 7) is 12.7. The second-order valence-corrected chi connectivity index (χ2v) is 5.11. The van der Waals surface area contributed by atoms with Gasteiger partial charge in [-0.25, -0.2) is 0 Å². The topological polar surface area (TPSA) is 13.0 Å². The molecule has 0 aromatic rings. The maximum Gasteiger partial charge on any atom is 0.0508 e. The van der Waals surface area contributed by atoms with Gasteiger partial charge in [-0.1, -0.05) is 0 Å². The highest BCUT2D eigenvalue weighted by Crippen LogP contribution is 2.11. The van der Waals surface area contributed by atoms with Crippen molar-refractivity contribution in [3.05, 3.63) is 0 Å². The summed E-state index contributed by atoms with van der Waals surface area (Å²) in [7, 11) is 0. The molecule has 0 amide bonds. The van der Waals surface area contributed by atoms with Crippen molar-refractivity contribution in [2.45, 2.75) is 6.42 Å². The van der Waals surface area contributed by atoms with Gasteiger partial charge in [0.15, 0.2) is 0 Å². The summed E-state index contributed by atoms with van der Waals surface area (Å²) in [5.74, 6) is 0. The third-order valence-corrected chi connectivity index (χ3v) is 3.95. The van der Waals surface area contributed by atoms with Gasteiger partial charge in [0, 0.05) is 52.4 Å². The Kier molecular flexibility index (Phi) is 2.92. The SMILES string of the molecule is C1CN2CCN3CCN(CCN(C1)C2)C3. The fourth-order valence-electron chi connectivity index (χ4n) is 2.95. The first kappa shape index (κ1) is 10.0. The first-order valence-corrected chi connectivity index (χ1v) is 6.29. The van der Waals surface area contributed by atoms with Crippen molar-refractivity contribution < 1.29 is 0 Å². The van der Waals surface area contributed by atoms with Crippen LogP contribution in [-0.4, -0.2) is 85.3 Å². The van der Waals surface area contributed by atoms with E-state index in [-0.39, 0.29) is 0 Å². The monoisotopic (exact) mass is 210 g/mol. The van der Waals surface area contributed by atoms with Crippen LogP contribution in [-0.2, 0) is 0 Å². The molecule has 4 atom stereocenters. The van der Waals surface area contributed by atoms with Gasteiger partial charge in [0.05, 0.1) is 13.3 Å². The quantitative estimate of drug-likeness (QED) is 0.536. The van der Waals surface area contributed by atoms with Crippen LogP contribution in [0.1, 0.15) is 6.42 Å². The Balaban J connectivity index is 1.65. The molecule has 0 aliphatic carbocycles. The molecular formula is C11H22N4. The van der Waals surface area contributed by atoms with Crippen LogP contribution >= 0.6 is 0 Å². The van der Waals surface area contributed by atoms with Crippen molar-refractivity contribution in [3.63, 3.8) is 0 Å². The van der Waals surface area contributed by atoms with E-state index in [1.165, 1.54) is 72.1 Å². The summed E-state index contributed by atoms with van der Waals surface area (Å²) >= 11 is 0. The second kappa shape index (κ2) is 4.37. The number of rotatable bonds is 0. The van der Waals surface area contributed by atoms with Crippen LogP contribution in [0, 0.1) is 0 Å². The van der Waals surface area contributed by atoms with E-state index < -0.39 is 0 Å². The molecule has 86 valence electrons. The van der Waals surface area contributed by atoms with E-state index in [4.69, 9.17) is 0 Å². The molecule has 3 aliphatic rings. The van der Waals surface area contributed by atoms with Crippen molar-refractivity contribution in [1.29, 1.82) is 0 Å². The van der Waals surface area contributed by atoms with E-state index in [0.717, 1.165) is 0 Å². The Bertz CT molecular complexity index is 201. The zero-order valence-corrected chi connectivity index (χ0v) is 9.57. The fourth-order valence-corrected chi connectivity index (χ4v) is 2.95. The van der Waals surface area contributed by atoms with Gasteiger partial charge >= 0.3 is 0 Å². The van der Waals surface area contributed by atoms with Crippen LogP contribution in [0.5, 0.6) is 0 Å². The summed E-state index contributed by atoms with van der Waals surface area (Å²) in [4.78, 5) is 10.4. The van der Waals surface area contributed by atoms with Gasteiger partial charge in [-0.15, -0.1) is 0 Å². The predicted octanol–water partition coefficient (Wildman–Crippen LogP) is -0.460. The van der Waals surface area contributed by atoms with Crippen molar-refractivity contribution in [1.82, 2.24) is 19.6 Å². The van der Waals surface area contributed by atoms with Crippen LogP contribution in [0.25, 0.3) is 0 Å². The molecule has 3 aliphatic heterocycles. The van der Waals surface area contributed by atoms with E-state index in [9.17, 15) is 0 Å². The summed E-state index contributed by atoms with van der Waals surface area (Å²) < 4.78 is 0. The molecule has 0 aromatic heterocycles. The third kappa shape index (κ3) is 2.33. The highest BCUT2D eigenvalue weighted by molar-refractivity contribution is 4.78. The van der Waals surface area contributed by atoms with E-state index in [1.54, 1.807) is 0 Å². The van der Waals surface area contributed by atoms with Crippen molar-refractivity contribution in [2.24, 2.45) is 0 Å². The largest absolute Gasteiger partial charge is 0.289 e. The lowest BCUT2D eigenvalue weighted by Crippen LogP contribution is -2.50. The predicted molar refractivity (Wildman–Crippen MR) is 60.6 cm³/mol. The highest BCUT2D eigenvalue weighted by atomic mass is 15.4. The minimum absolute atomic E-state index is 1.21. The Morgan fingerprint density at radius 3 is 1.13 bits per heavy atom. The average molecular weight is 210 g/mol. The van der Waals surface area contributed by atoms with Crippen LogP contribution in [0.15, 0.2) is 0 Å². The minimum Gasteiger partial charge on any atom is -0.289 e. The molecule has 3 rings (SSSR count). The molecule has 15 heavy (non-hydrogen) atoms. The van der Waals surface area contributed by atoms with Gasteiger partial charge in [0.1, 0.15) is 0 Å². The van der Waals surface area contributed by atoms with Crippen LogP contribution in [0.2, 0.25) is 0 Å². The normalized spacial score (nSPS) is 46.4. The smallest absolute Gasteiger partial charge is 0.0508 e. The zero-order valence-electron chi connectivity index (χ0n) is 9.57. The van der Waals surface area contributed by atoms with Gasteiger partial charge in [-0.3, -0.25) is 19.6 Å². The zero-order chi connectivity index (χ0) is 10.1. The number of hydrogen-bond donors (Lipinski definition) is 0. The van der Waals surface area contributed by atoms with Gasteiger partial charge in [0.25, 0.3) is 0 Å². The van der Waals surface area contributed by atoms with E-state index >= 15 is 0 Å². The minimum atomic E-state index is 1.21. The second-order valence-electron chi connectivity index (χ2n) is 5.11. The lowest BCUT2D eigenvalue weighted by molar-refractivity contribution is 0.0594. The average Bonchev–Trinajstić information content (AvgIpc) is 2.71. The van der Waals surface area contributed by atoms with Crippen LogP contribution < -0.4 is 0 Å². The summed E-state index contributed by atoms with van der Waals surface area (Å²) in [6.07, 6.45) is 1.36. The van der Waals surface area contributed by atoms with Crippen molar-refractivity contribution in [3.8, 4) is 0 Å². The molecule has 0 N–H and O–H groups in total. The Morgan fingerprint density at radius 1 is 0.400 bits per heavy atom. The molecule has 4 heteroatoms. The maximum atomic E-state index is 2.62. The Labute approximate surface area is 92.4 Å². The Morgan fingerprint density at radius 2 is 0.733 bits per heavy atom. The van der Waals surface area contributed by atoms with Gasteiger partial charge < -0.3 is 0 Å². The first-order chi connectivity index (χ1) is 7.40. The number of fused-ring (bicyclic) bond motifs is 4. The van der Waals surface area contributed by atoms with E-state index in [1.807, 2.05) is 0 Å². The lowest BCUT2D eigenvalue weighted by Gasteiger charge is -2.37. The molecule has 3 saturated heterocycles. The number of hydrogen-bond acceptors (Lipinski definition) is 4. The molecule has 3 heterocycles. The highest BCUT2D eigenvalue weighted by Gasteiger charge is 2.24.